The molecular weight excluding hydrogens is 437 g/mol. The average molecular weight is 455 g/mol. The molecule has 1 aromatic carbocycles. The van der Waals surface area contributed by atoms with Crippen molar-refractivity contribution in [1.82, 2.24) is 0 Å². The minimum atomic E-state index is -0.338. The van der Waals surface area contributed by atoms with Gasteiger partial charge in [-0.1, -0.05) is 0 Å². The Hall–Kier alpha value is -1.41. The smallest absolute Gasteiger partial charge is 0.341 e. The van der Waals surface area contributed by atoms with Crippen LogP contribution in [0, 0.1) is 3.57 Å². The molecule has 0 radical (unpaired) electrons. The van der Waals surface area contributed by atoms with Gasteiger partial charge < -0.3 is 10.1 Å². The molecule has 0 unspecified atom stereocenters. The SMILES string of the molecule is CCOC(=O)c1c(NC(=O)c2ccc(I)cc2)sc2c1CCCC2. The predicted molar refractivity (Wildman–Crippen MR) is 104 cm³/mol. The topological polar surface area (TPSA) is 55.4 Å². The third-order valence-electron chi connectivity index (χ3n) is 3.98. The van der Waals surface area contributed by atoms with Crippen LogP contribution in [0.4, 0.5) is 5.00 Å². The molecule has 1 aromatic heterocycles. The number of carbonyl (C=O) groups is 2. The van der Waals surface area contributed by atoms with Crippen molar-refractivity contribution in [3.63, 3.8) is 0 Å². The van der Waals surface area contributed by atoms with Gasteiger partial charge in [-0.05, 0) is 85.0 Å². The highest BCUT2D eigenvalue weighted by molar-refractivity contribution is 14.1. The lowest BCUT2D eigenvalue weighted by Crippen LogP contribution is -2.15. The first-order valence-corrected chi connectivity index (χ1v) is 9.88. The molecule has 6 heteroatoms. The van der Waals surface area contributed by atoms with Crippen LogP contribution in [0.3, 0.4) is 0 Å². The van der Waals surface area contributed by atoms with Gasteiger partial charge in [0.1, 0.15) is 5.00 Å². The molecule has 0 spiro atoms. The summed E-state index contributed by atoms with van der Waals surface area (Å²) < 4.78 is 6.28. The number of nitrogens with one attached hydrogen (secondary N) is 1. The summed E-state index contributed by atoms with van der Waals surface area (Å²) in [5.74, 6) is -0.537. The van der Waals surface area contributed by atoms with E-state index in [1.807, 2.05) is 12.1 Å². The van der Waals surface area contributed by atoms with Crippen LogP contribution >= 0.6 is 33.9 Å². The van der Waals surface area contributed by atoms with Crippen molar-refractivity contribution in [3.05, 3.63) is 49.4 Å². The number of benzene rings is 1. The van der Waals surface area contributed by atoms with Crippen LogP contribution in [0.2, 0.25) is 0 Å². The Bertz CT molecular complexity index is 767. The van der Waals surface area contributed by atoms with Gasteiger partial charge >= 0.3 is 5.97 Å². The molecule has 0 fully saturated rings. The zero-order chi connectivity index (χ0) is 17.1. The molecule has 1 aliphatic rings. The maximum atomic E-state index is 12.5. The van der Waals surface area contributed by atoms with Crippen molar-refractivity contribution in [1.29, 1.82) is 0 Å². The van der Waals surface area contributed by atoms with E-state index in [0.717, 1.165) is 34.8 Å². The summed E-state index contributed by atoms with van der Waals surface area (Å²) in [5, 5.41) is 3.53. The predicted octanol–water partition coefficient (Wildman–Crippen LogP) is 4.66. The van der Waals surface area contributed by atoms with E-state index in [4.69, 9.17) is 4.74 Å². The van der Waals surface area contributed by atoms with Gasteiger partial charge in [0.15, 0.2) is 0 Å². The normalized spacial score (nSPS) is 13.2. The summed E-state index contributed by atoms with van der Waals surface area (Å²) in [7, 11) is 0. The summed E-state index contributed by atoms with van der Waals surface area (Å²) in [6.07, 6.45) is 4.03. The van der Waals surface area contributed by atoms with Gasteiger partial charge in [0.05, 0.1) is 12.2 Å². The Morgan fingerprint density at radius 1 is 1.21 bits per heavy atom. The Balaban J connectivity index is 1.91. The molecule has 0 atom stereocenters. The highest BCUT2D eigenvalue weighted by Crippen LogP contribution is 2.38. The lowest BCUT2D eigenvalue weighted by atomic mass is 9.95. The first kappa shape index (κ1) is 17.4. The molecule has 2 aromatic rings. The maximum absolute atomic E-state index is 12.5. The van der Waals surface area contributed by atoms with E-state index in [0.29, 0.717) is 22.7 Å². The molecule has 1 amide bonds. The van der Waals surface area contributed by atoms with Gasteiger partial charge in [0.25, 0.3) is 5.91 Å². The van der Waals surface area contributed by atoms with Crippen LogP contribution in [0.5, 0.6) is 0 Å². The third-order valence-corrected chi connectivity index (χ3v) is 5.91. The van der Waals surface area contributed by atoms with Crippen LogP contribution in [0.1, 0.15) is 50.9 Å². The number of esters is 1. The number of rotatable bonds is 4. The highest BCUT2D eigenvalue weighted by Gasteiger charge is 2.27. The van der Waals surface area contributed by atoms with E-state index in [1.54, 1.807) is 19.1 Å². The van der Waals surface area contributed by atoms with Crippen molar-refractivity contribution in [2.24, 2.45) is 0 Å². The molecule has 0 bridgehead atoms. The number of anilines is 1. The maximum Gasteiger partial charge on any atom is 0.341 e. The van der Waals surface area contributed by atoms with Gasteiger partial charge in [-0.25, -0.2) is 4.79 Å². The fourth-order valence-electron chi connectivity index (χ4n) is 2.85. The second-order valence-corrected chi connectivity index (χ2v) is 7.95. The lowest BCUT2D eigenvalue weighted by Gasteiger charge is -2.12. The molecule has 24 heavy (non-hydrogen) atoms. The summed E-state index contributed by atoms with van der Waals surface area (Å²) >= 11 is 3.71. The Labute approximate surface area is 158 Å². The summed E-state index contributed by atoms with van der Waals surface area (Å²) in [6.45, 7) is 2.12. The summed E-state index contributed by atoms with van der Waals surface area (Å²) in [4.78, 5) is 26.1. The lowest BCUT2D eigenvalue weighted by molar-refractivity contribution is 0.0526. The molecule has 1 N–H and O–H groups in total. The Morgan fingerprint density at radius 3 is 2.62 bits per heavy atom. The first-order chi connectivity index (χ1) is 11.6. The summed E-state index contributed by atoms with van der Waals surface area (Å²) in [5.41, 5.74) is 2.19. The van der Waals surface area contributed by atoms with Gasteiger partial charge in [-0.15, -0.1) is 11.3 Å². The molecule has 4 nitrogen and oxygen atoms in total. The molecular formula is C18H18INO3S. The van der Waals surface area contributed by atoms with Crippen LogP contribution < -0.4 is 5.32 Å². The molecule has 0 saturated heterocycles. The van der Waals surface area contributed by atoms with Gasteiger partial charge in [-0.2, -0.15) is 0 Å². The second-order valence-electron chi connectivity index (χ2n) is 5.60. The number of amides is 1. The number of carbonyl (C=O) groups excluding carboxylic acids is 2. The largest absolute Gasteiger partial charge is 0.462 e. The van der Waals surface area contributed by atoms with Gasteiger partial charge in [-0.3, -0.25) is 4.79 Å². The van der Waals surface area contributed by atoms with Crippen LogP contribution in [-0.2, 0) is 17.6 Å². The van der Waals surface area contributed by atoms with Crippen LogP contribution in [0.15, 0.2) is 24.3 Å². The first-order valence-electron chi connectivity index (χ1n) is 7.98. The van der Waals surface area contributed by atoms with Crippen molar-refractivity contribution in [2.45, 2.75) is 32.6 Å². The second kappa shape index (κ2) is 7.65. The zero-order valence-corrected chi connectivity index (χ0v) is 16.3. The fraction of sp³-hybridized carbons (Fsp3) is 0.333. The standard InChI is InChI=1S/C18H18INO3S/c1-2-23-18(22)15-13-5-3-4-6-14(13)24-17(15)20-16(21)11-7-9-12(19)10-8-11/h7-10H,2-6H2,1H3,(H,20,21). The molecule has 0 saturated carbocycles. The average Bonchev–Trinajstić information content (AvgIpc) is 2.93. The number of thiophene rings is 1. The van der Waals surface area contributed by atoms with Crippen LogP contribution in [0.25, 0.3) is 0 Å². The molecule has 126 valence electrons. The van der Waals surface area contributed by atoms with Crippen molar-refractivity contribution >= 4 is 50.8 Å². The van der Waals surface area contributed by atoms with Crippen molar-refractivity contribution < 1.29 is 14.3 Å². The Kier molecular flexibility index (Phi) is 5.55. The van der Waals surface area contributed by atoms with Crippen molar-refractivity contribution in [2.75, 3.05) is 11.9 Å². The van der Waals surface area contributed by atoms with Crippen molar-refractivity contribution in [3.8, 4) is 0 Å². The zero-order valence-electron chi connectivity index (χ0n) is 13.4. The Morgan fingerprint density at radius 2 is 1.92 bits per heavy atom. The minimum absolute atomic E-state index is 0.199. The van der Waals surface area contributed by atoms with E-state index in [9.17, 15) is 9.59 Å². The van der Waals surface area contributed by atoms with Gasteiger partial charge in [0.2, 0.25) is 0 Å². The summed E-state index contributed by atoms with van der Waals surface area (Å²) in [6, 6.07) is 7.35. The molecule has 1 heterocycles. The number of hydrogen-bond acceptors (Lipinski definition) is 4. The number of fused-ring (bicyclic) bond motifs is 1. The van der Waals surface area contributed by atoms with E-state index in [2.05, 4.69) is 27.9 Å². The molecule has 0 aliphatic heterocycles. The van der Waals surface area contributed by atoms with E-state index in [-0.39, 0.29) is 11.9 Å². The number of halogens is 1. The monoisotopic (exact) mass is 455 g/mol. The number of ether oxygens (including phenoxy) is 1. The third kappa shape index (κ3) is 3.64. The fourth-order valence-corrected chi connectivity index (χ4v) is 4.48. The van der Waals surface area contributed by atoms with Gasteiger partial charge in [0, 0.05) is 14.0 Å². The quantitative estimate of drug-likeness (QED) is 0.539. The van der Waals surface area contributed by atoms with E-state index in [1.165, 1.54) is 16.2 Å². The molecule has 1 aliphatic carbocycles. The number of aryl methyl sites for hydroxylation is 1. The highest BCUT2D eigenvalue weighted by atomic mass is 127. The van der Waals surface area contributed by atoms with E-state index < -0.39 is 0 Å². The van der Waals surface area contributed by atoms with E-state index >= 15 is 0 Å². The number of hydrogen-bond donors (Lipinski definition) is 1. The molecule has 3 rings (SSSR count). The minimum Gasteiger partial charge on any atom is -0.462 e. The van der Waals surface area contributed by atoms with Crippen LogP contribution in [-0.4, -0.2) is 18.5 Å².